The summed E-state index contributed by atoms with van der Waals surface area (Å²) < 4.78 is 0. The summed E-state index contributed by atoms with van der Waals surface area (Å²) in [5, 5.41) is 11.2. The molecule has 0 aliphatic heterocycles. The lowest BCUT2D eigenvalue weighted by atomic mass is 9.91. The molecule has 1 N–H and O–H groups in total. The van der Waals surface area contributed by atoms with Crippen LogP contribution in [0.4, 0.5) is 0 Å². The fourth-order valence-corrected chi connectivity index (χ4v) is 3.13. The average Bonchev–Trinajstić information content (AvgIpc) is 2.97. The molecule has 106 valence electrons. The van der Waals surface area contributed by atoms with Crippen molar-refractivity contribution < 1.29 is 9.90 Å². The number of carboxylic acid groups (broad SMARTS) is 1. The van der Waals surface area contributed by atoms with E-state index in [2.05, 4.69) is 48.6 Å². The Morgan fingerprint density at radius 3 is 2.59 bits per heavy atom. The van der Waals surface area contributed by atoms with Crippen molar-refractivity contribution in [2.24, 2.45) is 0 Å². The van der Waals surface area contributed by atoms with E-state index in [1.54, 1.807) is 12.1 Å². The van der Waals surface area contributed by atoms with Gasteiger partial charge in [-0.2, -0.15) is 0 Å². The van der Waals surface area contributed by atoms with E-state index in [9.17, 15) is 4.79 Å². The molecular weight excluding hydrogens is 272 g/mol. The van der Waals surface area contributed by atoms with Gasteiger partial charge in [0.15, 0.2) is 0 Å². The molecule has 0 aromatic heterocycles. The van der Waals surface area contributed by atoms with Gasteiger partial charge in [-0.3, -0.25) is 0 Å². The summed E-state index contributed by atoms with van der Waals surface area (Å²) in [5.41, 5.74) is 4.08. The Hall–Kier alpha value is -2.87. The number of allylic oxidation sites excluding steroid dienone is 1. The molecule has 0 spiro atoms. The molecule has 1 aliphatic rings. The highest BCUT2D eigenvalue weighted by atomic mass is 16.4. The van der Waals surface area contributed by atoms with Crippen molar-refractivity contribution in [1.29, 1.82) is 0 Å². The highest BCUT2D eigenvalue weighted by Crippen LogP contribution is 2.36. The maximum absolute atomic E-state index is 11.1. The van der Waals surface area contributed by atoms with Crippen molar-refractivity contribution in [2.75, 3.05) is 0 Å². The molecule has 0 radical (unpaired) electrons. The van der Waals surface area contributed by atoms with Crippen LogP contribution in [0, 0.1) is 0 Å². The third-order valence-corrected chi connectivity index (χ3v) is 4.27. The molecule has 3 aromatic rings. The molecule has 0 saturated carbocycles. The summed E-state index contributed by atoms with van der Waals surface area (Å²) in [7, 11) is 0. The van der Waals surface area contributed by atoms with Crippen LogP contribution in [0.25, 0.3) is 16.8 Å². The van der Waals surface area contributed by atoms with Crippen molar-refractivity contribution in [2.45, 2.75) is 5.92 Å². The van der Waals surface area contributed by atoms with Crippen LogP contribution in [0.3, 0.4) is 0 Å². The quantitative estimate of drug-likeness (QED) is 0.741. The van der Waals surface area contributed by atoms with E-state index >= 15 is 0 Å². The van der Waals surface area contributed by atoms with Gasteiger partial charge in [0.1, 0.15) is 0 Å². The van der Waals surface area contributed by atoms with Gasteiger partial charge in [-0.1, -0.05) is 60.7 Å². The molecule has 0 saturated heterocycles. The summed E-state index contributed by atoms with van der Waals surface area (Å²) in [6, 6.07) is 19.9. The Labute approximate surface area is 128 Å². The number of fused-ring (bicyclic) bond motifs is 2. The molecular formula is C20H14O2. The third-order valence-electron chi connectivity index (χ3n) is 4.27. The number of aromatic carboxylic acids is 1. The lowest BCUT2D eigenvalue weighted by Crippen LogP contribution is -1.97. The monoisotopic (exact) mass is 286 g/mol. The van der Waals surface area contributed by atoms with Crippen molar-refractivity contribution >= 4 is 22.8 Å². The Bertz CT molecular complexity index is 922. The molecule has 3 aromatic carbocycles. The summed E-state index contributed by atoms with van der Waals surface area (Å²) in [6.45, 7) is 0. The number of benzene rings is 3. The van der Waals surface area contributed by atoms with Gasteiger partial charge in [0.05, 0.1) is 5.56 Å². The standard InChI is InChI=1S/C20H14O2/c21-20(22)16-8-6-13-5-7-15(11-17(13)12-16)19-10-9-14-3-1-2-4-18(14)19/h1-12,19H,(H,21,22). The summed E-state index contributed by atoms with van der Waals surface area (Å²) >= 11 is 0. The number of hydrogen-bond donors (Lipinski definition) is 1. The highest BCUT2D eigenvalue weighted by Gasteiger charge is 2.18. The maximum Gasteiger partial charge on any atom is 0.335 e. The second-order valence-electron chi connectivity index (χ2n) is 5.59. The Kier molecular flexibility index (Phi) is 2.83. The topological polar surface area (TPSA) is 37.3 Å². The number of carboxylic acids is 1. The Morgan fingerprint density at radius 2 is 1.73 bits per heavy atom. The van der Waals surface area contributed by atoms with E-state index in [1.165, 1.54) is 16.7 Å². The minimum atomic E-state index is -0.890. The van der Waals surface area contributed by atoms with Crippen LogP contribution in [-0.4, -0.2) is 11.1 Å². The molecule has 1 aliphatic carbocycles. The highest BCUT2D eigenvalue weighted by molar-refractivity contribution is 5.94. The lowest BCUT2D eigenvalue weighted by Gasteiger charge is -2.12. The van der Waals surface area contributed by atoms with Crippen molar-refractivity contribution in [3.8, 4) is 0 Å². The van der Waals surface area contributed by atoms with E-state index in [1.807, 2.05) is 12.1 Å². The zero-order valence-electron chi connectivity index (χ0n) is 11.9. The summed E-state index contributed by atoms with van der Waals surface area (Å²) in [4.78, 5) is 11.1. The van der Waals surface area contributed by atoms with E-state index in [4.69, 9.17) is 5.11 Å². The zero-order chi connectivity index (χ0) is 15.1. The van der Waals surface area contributed by atoms with Gasteiger partial charge < -0.3 is 5.11 Å². The first-order chi connectivity index (χ1) is 10.7. The Balaban J connectivity index is 1.83. The minimum absolute atomic E-state index is 0.245. The number of carbonyl (C=O) groups is 1. The molecule has 4 rings (SSSR count). The second kappa shape index (κ2) is 4.85. The molecule has 1 unspecified atom stereocenters. The normalized spacial score (nSPS) is 15.9. The van der Waals surface area contributed by atoms with Crippen LogP contribution >= 0.6 is 0 Å². The smallest absolute Gasteiger partial charge is 0.335 e. The van der Waals surface area contributed by atoms with Crippen LogP contribution in [0.1, 0.15) is 33.0 Å². The predicted molar refractivity (Wildman–Crippen MR) is 88.2 cm³/mol. The van der Waals surface area contributed by atoms with Crippen molar-refractivity contribution in [3.05, 3.63) is 89.0 Å². The second-order valence-corrected chi connectivity index (χ2v) is 5.59. The van der Waals surface area contributed by atoms with Crippen molar-refractivity contribution in [1.82, 2.24) is 0 Å². The van der Waals surface area contributed by atoms with E-state index in [0.717, 1.165) is 10.8 Å². The average molecular weight is 286 g/mol. The first-order valence-electron chi connectivity index (χ1n) is 7.26. The zero-order valence-corrected chi connectivity index (χ0v) is 11.9. The molecule has 0 amide bonds. The van der Waals surface area contributed by atoms with Gasteiger partial charge in [-0.15, -0.1) is 0 Å². The molecule has 2 heteroatoms. The molecule has 2 nitrogen and oxygen atoms in total. The number of rotatable bonds is 2. The van der Waals surface area contributed by atoms with Crippen molar-refractivity contribution in [3.63, 3.8) is 0 Å². The van der Waals surface area contributed by atoms with Gasteiger partial charge in [-0.05, 0) is 39.6 Å². The largest absolute Gasteiger partial charge is 0.478 e. The summed E-state index contributed by atoms with van der Waals surface area (Å²) in [5.74, 6) is -0.646. The van der Waals surface area contributed by atoms with Crippen LogP contribution in [0.5, 0.6) is 0 Å². The van der Waals surface area contributed by atoms with Crippen LogP contribution < -0.4 is 0 Å². The first kappa shape index (κ1) is 12.8. The fourth-order valence-electron chi connectivity index (χ4n) is 3.13. The van der Waals surface area contributed by atoms with E-state index < -0.39 is 5.97 Å². The summed E-state index contributed by atoms with van der Waals surface area (Å²) in [6.07, 6.45) is 4.35. The molecule has 1 atom stereocenters. The molecule has 22 heavy (non-hydrogen) atoms. The van der Waals surface area contributed by atoms with Crippen LogP contribution in [-0.2, 0) is 0 Å². The molecule has 0 fully saturated rings. The fraction of sp³-hybridized carbons (Fsp3) is 0.0500. The van der Waals surface area contributed by atoms with E-state index in [0.29, 0.717) is 5.56 Å². The minimum Gasteiger partial charge on any atom is -0.478 e. The maximum atomic E-state index is 11.1. The van der Waals surface area contributed by atoms with Gasteiger partial charge >= 0.3 is 5.97 Å². The molecule has 0 bridgehead atoms. The van der Waals surface area contributed by atoms with Gasteiger partial charge in [-0.25, -0.2) is 4.79 Å². The third kappa shape index (κ3) is 2.01. The predicted octanol–water partition coefficient (Wildman–Crippen LogP) is 4.70. The van der Waals surface area contributed by atoms with Gasteiger partial charge in [0, 0.05) is 5.92 Å². The number of hydrogen-bond acceptors (Lipinski definition) is 1. The van der Waals surface area contributed by atoms with E-state index in [-0.39, 0.29) is 5.92 Å². The van der Waals surface area contributed by atoms with Crippen LogP contribution in [0.15, 0.2) is 66.7 Å². The Morgan fingerprint density at radius 1 is 0.909 bits per heavy atom. The SMILES string of the molecule is O=C(O)c1ccc2ccc(C3C=Cc4ccccc43)cc2c1. The van der Waals surface area contributed by atoms with Gasteiger partial charge in [0.2, 0.25) is 0 Å². The first-order valence-corrected chi connectivity index (χ1v) is 7.26. The lowest BCUT2D eigenvalue weighted by molar-refractivity contribution is 0.0697. The molecule has 0 heterocycles. The van der Waals surface area contributed by atoms with Gasteiger partial charge in [0.25, 0.3) is 0 Å². The van der Waals surface area contributed by atoms with Crippen LogP contribution in [0.2, 0.25) is 0 Å².